The number of nitrogens with zero attached hydrogens (tertiary/aromatic N) is 1. The van der Waals surface area contributed by atoms with Crippen LogP contribution in [-0.4, -0.2) is 57.0 Å². The SMILES string of the molecule is COCCN(C(=O)[C@H](C)c1cc(C)oc1C)[C@H]1CCS(=O)(=O)C1. The maximum Gasteiger partial charge on any atom is 0.230 e. The number of rotatable bonds is 6. The zero-order chi connectivity index (χ0) is 17.2. The van der Waals surface area contributed by atoms with Crippen LogP contribution >= 0.6 is 0 Å². The highest BCUT2D eigenvalue weighted by Crippen LogP contribution is 2.27. The van der Waals surface area contributed by atoms with Crippen molar-refractivity contribution in [2.45, 2.75) is 39.2 Å². The molecule has 1 aliphatic rings. The second-order valence-corrected chi connectivity index (χ2v) is 8.40. The molecule has 1 fully saturated rings. The van der Waals surface area contributed by atoms with E-state index in [4.69, 9.17) is 9.15 Å². The summed E-state index contributed by atoms with van der Waals surface area (Å²) in [6.07, 6.45) is 0.494. The minimum Gasteiger partial charge on any atom is -0.466 e. The molecule has 6 nitrogen and oxygen atoms in total. The molecule has 2 rings (SSSR count). The number of carbonyl (C=O) groups is 1. The van der Waals surface area contributed by atoms with E-state index in [1.54, 1.807) is 12.0 Å². The Hall–Kier alpha value is -1.34. The van der Waals surface area contributed by atoms with Crippen molar-refractivity contribution in [3.8, 4) is 0 Å². The quantitative estimate of drug-likeness (QED) is 0.785. The summed E-state index contributed by atoms with van der Waals surface area (Å²) in [5.74, 6) is 1.24. The summed E-state index contributed by atoms with van der Waals surface area (Å²) in [4.78, 5) is 14.6. The van der Waals surface area contributed by atoms with Crippen LogP contribution in [-0.2, 0) is 19.4 Å². The van der Waals surface area contributed by atoms with Gasteiger partial charge in [-0.05, 0) is 33.3 Å². The summed E-state index contributed by atoms with van der Waals surface area (Å²) in [7, 11) is -1.48. The molecular formula is C16H25NO5S. The van der Waals surface area contributed by atoms with Gasteiger partial charge in [-0.15, -0.1) is 0 Å². The van der Waals surface area contributed by atoms with Crippen molar-refractivity contribution in [2.24, 2.45) is 0 Å². The third-order valence-electron chi connectivity index (χ3n) is 4.38. The summed E-state index contributed by atoms with van der Waals surface area (Å²) in [5.41, 5.74) is 0.857. The van der Waals surface area contributed by atoms with Gasteiger partial charge in [-0.25, -0.2) is 8.42 Å². The fraction of sp³-hybridized carbons (Fsp3) is 0.688. The van der Waals surface area contributed by atoms with Crippen molar-refractivity contribution in [2.75, 3.05) is 31.8 Å². The number of carbonyl (C=O) groups excluding carboxylic acids is 1. The van der Waals surface area contributed by atoms with Gasteiger partial charge in [-0.2, -0.15) is 0 Å². The van der Waals surface area contributed by atoms with E-state index < -0.39 is 9.84 Å². The van der Waals surface area contributed by atoms with E-state index in [1.807, 2.05) is 26.8 Å². The van der Waals surface area contributed by atoms with Crippen LogP contribution < -0.4 is 0 Å². The zero-order valence-electron chi connectivity index (χ0n) is 14.2. The number of sulfone groups is 1. The number of amides is 1. The second kappa shape index (κ2) is 7.05. The molecule has 7 heteroatoms. The lowest BCUT2D eigenvalue weighted by atomic mass is 9.99. The summed E-state index contributed by atoms with van der Waals surface area (Å²) in [5, 5.41) is 0. The van der Waals surface area contributed by atoms with Crippen LogP contribution in [0.2, 0.25) is 0 Å². The third-order valence-corrected chi connectivity index (χ3v) is 6.14. The third kappa shape index (κ3) is 4.14. The number of furan rings is 1. The Labute approximate surface area is 137 Å². The van der Waals surface area contributed by atoms with Crippen molar-refractivity contribution in [3.63, 3.8) is 0 Å². The highest BCUT2D eigenvalue weighted by Gasteiger charge is 2.36. The van der Waals surface area contributed by atoms with E-state index >= 15 is 0 Å². The Balaban J connectivity index is 2.20. The predicted octanol–water partition coefficient (Wildman–Crippen LogP) is 1.66. The summed E-state index contributed by atoms with van der Waals surface area (Å²) in [6.45, 7) is 6.31. The van der Waals surface area contributed by atoms with Crippen LogP contribution in [0.1, 0.15) is 36.3 Å². The van der Waals surface area contributed by atoms with Gasteiger partial charge in [0.25, 0.3) is 0 Å². The Morgan fingerprint density at radius 2 is 2.17 bits per heavy atom. The molecule has 0 radical (unpaired) electrons. The van der Waals surface area contributed by atoms with Gasteiger partial charge in [-0.1, -0.05) is 0 Å². The van der Waals surface area contributed by atoms with Gasteiger partial charge in [0.2, 0.25) is 5.91 Å². The molecule has 23 heavy (non-hydrogen) atoms. The standard InChI is InChI=1S/C16H25NO5S/c1-11-9-15(13(3)22-11)12(2)16(18)17(6-7-21-4)14-5-8-23(19,20)10-14/h9,12,14H,5-8,10H2,1-4H3/t12-,14+/m1/s1. The van der Waals surface area contributed by atoms with E-state index in [0.29, 0.717) is 19.6 Å². The zero-order valence-corrected chi connectivity index (χ0v) is 15.0. The molecule has 2 heterocycles. The molecule has 0 unspecified atom stereocenters. The molecule has 2 atom stereocenters. The van der Waals surface area contributed by atoms with Gasteiger partial charge in [0.05, 0.1) is 24.0 Å². The van der Waals surface area contributed by atoms with Crippen molar-refractivity contribution in [3.05, 3.63) is 23.2 Å². The number of aryl methyl sites for hydroxylation is 2. The first-order valence-electron chi connectivity index (χ1n) is 7.82. The average Bonchev–Trinajstić information content (AvgIpc) is 3.00. The smallest absolute Gasteiger partial charge is 0.230 e. The molecule has 1 aromatic rings. The van der Waals surface area contributed by atoms with Crippen molar-refractivity contribution in [1.29, 1.82) is 0 Å². The van der Waals surface area contributed by atoms with E-state index in [9.17, 15) is 13.2 Å². The molecule has 1 amide bonds. The summed E-state index contributed by atoms with van der Waals surface area (Å²) >= 11 is 0. The van der Waals surface area contributed by atoms with Crippen molar-refractivity contribution in [1.82, 2.24) is 4.90 Å². The maximum atomic E-state index is 12.9. The van der Waals surface area contributed by atoms with Crippen LogP contribution in [0.5, 0.6) is 0 Å². The lowest BCUT2D eigenvalue weighted by Crippen LogP contribution is -2.44. The lowest BCUT2D eigenvalue weighted by Gasteiger charge is -2.30. The first-order chi connectivity index (χ1) is 10.7. The van der Waals surface area contributed by atoms with Crippen molar-refractivity contribution >= 4 is 15.7 Å². The van der Waals surface area contributed by atoms with Crippen molar-refractivity contribution < 1.29 is 22.4 Å². The van der Waals surface area contributed by atoms with Gasteiger partial charge >= 0.3 is 0 Å². The highest BCUT2D eigenvalue weighted by atomic mass is 32.2. The maximum absolute atomic E-state index is 12.9. The Bertz CT molecular complexity index is 664. The molecule has 130 valence electrons. The number of hydrogen-bond acceptors (Lipinski definition) is 5. The molecule has 0 aliphatic carbocycles. The largest absolute Gasteiger partial charge is 0.466 e. The van der Waals surface area contributed by atoms with Crippen LogP contribution in [0.4, 0.5) is 0 Å². The first kappa shape index (κ1) is 18.0. The van der Waals surface area contributed by atoms with E-state index in [-0.39, 0.29) is 29.4 Å². The normalized spacial score (nSPS) is 21.3. The molecule has 0 N–H and O–H groups in total. The Morgan fingerprint density at radius 1 is 1.48 bits per heavy atom. The van der Waals surface area contributed by atoms with E-state index in [1.165, 1.54) is 0 Å². The van der Waals surface area contributed by atoms with E-state index in [0.717, 1.165) is 17.1 Å². The molecule has 0 saturated carbocycles. The molecule has 0 bridgehead atoms. The Morgan fingerprint density at radius 3 is 2.65 bits per heavy atom. The van der Waals surface area contributed by atoms with Crippen LogP contribution in [0, 0.1) is 13.8 Å². The molecule has 0 aromatic carbocycles. The topological polar surface area (TPSA) is 76.8 Å². The molecule has 1 aromatic heterocycles. The Kier molecular flexibility index (Phi) is 5.52. The van der Waals surface area contributed by atoms with Crippen LogP contribution in [0.15, 0.2) is 10.5 Å². The summed E-state index contributed by atoms with van der Waals surface area (Å²) in [6, 6.07) is 1.61. The van der Waals surface area contributed by atoms with Crippen LogP contribution in [0.3, 0.4) is 0 Å². The highest BCUT2D eigenvalue weighted by molar-refractivity contribution is 7.91. The summed E-state index contributed by atoms with van der Waals surface area (Å²) < 4.78 is 34.1. The fourth-order valence-electron chi connectivity index (χ4n) is 3.15. The average molecular weight is 343 g/mol. The first-order valence-corrected chi connectivity index (χ1v) is 9.64. The molecule has 1 aliphatic heterocycles. The molecule has 1 saturated heterocycles. The van der Waals surface area contributed by atoms with Crippen LogP contribution in [0.25, 0.3) is 0 Å². The van der Waals surface area contributed by atoms with Gasteiger partial charge in [0.1, 0.15) is 11.5 Å². The minimum absolute atomic E-state index is 0.0402. The van der Waals surface area contributed by atoms with Gasteiger partial charge in [0, 0.05) is 25.3 Å². The second-order valence-electron chi connectivity index (χ2n) is 6.17. The van der Waals surface area contributed by atoms with E-state index in [2.05, 4.69) is 0 Å². The number of hydrogen-bond donors (Lipinski definition) is 0. The molecular weight excluding hydrogens is 318 g/mol. The molecule has 0 spiro atoms. The minimum atomic E-state index is -3.05. The lowest BCUT2D eigenvalue weighted by molar-refractivity contribution is -0.135. The predicted molar refractivity (Wildman–Crippen MR) is 87.2 cm³/mol. The van der Waals surface area contributed by atoms with Gasteiger partial charge < -0.3 is 14.1 Å². The number of methoxy groups -OCH3 is 1. The number of ether oxygens (including phenoxy) is 1. The van der Waals surface area contributed by atoms with Gasteiger partial charge in [0.15, 0.2) is 9.84 Å². The van der Waals surface area contributed by atoms with Gasteiger partial charge in [-0.3, -0.25) is 4.79 Å². The fourth-order valence-corrected chi connectivity index (χ4v) is 4.88. The monoisotopic (exact) mass is 343 g/mol.